The lowest BCUT2D eigenvalue weighted by molar-refractivity contribution is -0.383. The largest absolute Gasteiger partial charge is 0.431 e. The molecule has 9 N–H and O–H groups in total. The van der Waals surface area contributed by atoms with E-state index in [9.17, 15) is 58.6 Å². The summed E-state index contributed by atoms with van der Waals surface area (Å²) < 4.78 is 8.30. The minimum absolute atomic E-state index is 0.00176. The summed E-state index contributed by atoms with van der Waals surface area (Å²) in [5.74, 6) is 0.488. The summed E-state index contributed by atoms with van der Waals surface area (Å²) in [5.41, 5.74) is 20.0. The first-order chi connectivity index (χ1) is 39.6. The number of amides is 4. The zero-order chi connectivity index (χ0) is 61.4. The molecule has 4 aromatic carbocycles. The molecule has 4 aliphatic rings. The van der Waals surface area contributed by atoms with Gasteiger partial charge in [0.05, 0.1) is 59.1 Å². The normalized spacial score (nSPS) is 18.5. The molecule has 3 atom stereocenters. The summed E-state index contributed by atoms with van der Waals surface area (Å²) in [7, 11) is 0. The molecule has 84 heavy (non-hydrogen) atoms. The summed E-state index contributed by atoms with van der Waals surface area (Å²) in [5, 5.41) is 28.0. The molecule has 4 aromatic heterocycles. The molecule has 8 aromatic rings. The number of nitrogen functional groups attached to an aromatic ring is 1. The average molecular weight is 1230 g/mol. The van der Waals surface area contributed by atoms with E-state index in [4.69, 9.17) is 69.3 Å². The Balaban J connectivity index is 0.000000153. The zero-order valence-electron chi connectivity index (χ0n) is 45.0. The van der Waals surface area contributed by atoms with Crippen molar-refractivity contribution in [2.45, 2.75) is 83.8 Å². The Bertz CT molecular complexity index is 4260. The van der Waals surface area contributed by atoms with Gasteiger partial charge in [-0.05, 0) is 155 Å². The standard InChI is InChI=1S/C24H28ClN3O3.C12H10ClN3O4.C12H12ClN3O2.C9H4ClNO4/c1-13(22(26)30)28-5-4-17-18(23(28)31)2-3-19(25)21(17)27-20(29)12-24-9-14-6-15(10-24)8-16(7-14)11-24;1-6(11(14)17)15-5-4-7-8(12(15)18)2-3-9(13)10(7)16(19)20;1-6(11(15)17)16-5-4-7-8(12(16)18)2-3-9(13)10(7)14;10-7-2-1-6-5(8(7)11(13)14)3-4-15-9(6)12/h2-5,13-16H,6-12H2,1H3,(H2,26,30)(H,27,29);2-6H,1H3,(H2,14,17);2-6H,14H2,1H3,(H2,15,17);1-4H/t13-,14?,15?,16?,24?;2*6-;/m111./s1. The number of aromatic nitrogens is 3. The van der Waals surface area contributed by atoms with Crippen LogP contribution in [-0.4, -0.2) is 47.2 Å². The van der Waals surface area contributed by atoms with Crippen molar-refractivity contribution in [3.05, 3.63) is 179 Å². The topological polar surface area (TPSA) is 367 Å². The fourth-order valence-electron chi connectivity index (χ4n) is 12.0. The number of nitrogens with one attached hydrogen (secondary N) is 1. The van der Waals surface area contributed by atoms with Gasteiger partial charge >= 0.3 is 5.63 Å². The molecule has 23 nitrogen and oxygen atoms in total. The lowest BCUT2D eigenvalue weighted by atomic mass is 9.49. The van der Waals surface area contributed by atoms with E-state index in [-0.39, 0.29) is 65.4 Å². The van der Waals surface area contributed by atoms with Gasteiger partial charge in [0.2, 0.25) is 23.6 Å². The minimum atomic E-state index is -0.846. The Hall–Kier alpha value is -8.64. The molecule has 4 bridgehead atoms. The second kappa shape index (κ2) is 24.7. The number of hydrogen-bond donors (Lipinski definition) is 5. The van der Waals surface area contributed by atoms with Crippen LogP contribution >= 0.6 is 46.4 Å². The molecule has 438 valence electrons. The molecule has 27 heteroatoms. The van der Waals surface area contributed by atoms with E-state index < -0.39 is 56.9 Å². The number of rotatable bonds is 11. The molecule has 4 aliphatic carbocycles. The number of nitrogens with zero attached hydrogens (tertiary/aromatic N) is 5. The van der Waals surface area contributed by atoms with Crippen LogP contribution in [0.5, 0.6) is 0 Å². The first-order valence-electron chi connectivity index (χ1n) is 26.1. The lowest BCUT2D eigenvalue weighted by Crippen LogP contribution is -2.47. The number of fused-ring (bicyclic) bond motifs is 4. The smallest absolute Gasteiger partial charge is 0.343 e. The molecule has 0 unspecified atom stereocenters. The molecule has 0 aliphatic heterocycles. The molecule has 4 saturated carbocycles. The van der Waals surface area contributed by atoms with Gasteiger partial charge in [0.15, 0.2) is 0 Å². The summed E-state index contributed by atoms with van der Waals surface area (Å²) in [6.45, 7) is 4.62. The van der Waals surface area contributed by atoms with Crippen LogP contribution in [0.15, 0.2) is 121 Å². The number of pyridine rings is 3. The quantitative estimate of drug-likeness (QED) is 0.0457. The van der Waals surface area contributed by atoms with Crippen LogP contribution in [0.2, 0.25) is 20.1 Å². The number of halogens is 4. The highest BCUT2D eigenvalue weighted by Gasteiger charge is 2.51. The van der Waals surface area contributed by atoms with Gasteiger partial charge in [-0.1, -0.05) is 46.4 Å². The number of hydrogen-bond acceptors (Lipinski definition) is 14. The highest BCUT2D eigenvalue weighted by atomic mass is 35.5. The Morgan fingerprint density at radius 1 is 0.560 bits per heavy atom. The van der Waals surface area contributed by atoms with Crippen LogP contribution in [0.3, 0.4) is 0 Å². The number of anilines is 2. The second-order valence-corrected chi connectivity index (χ2v) is 22.8. The first-order valence-corrected chi connectivity index (χ1v) is 27.6. The van der Waals surface area contributed by atoms with E-state index in [1.165, 1.54) is 90.3 Å². The maximum absolute atomic E-state index is 13.1. The van der Waals surface area contributed by atoms with Crippen LogP contribution in [0.1, 0.15) is 83.8 Å². The third kappa shape index (κ3) is 12.3. The van der Waals surface area contributed by atoms with Gasteiger partial charge < -0.3 is 46.4 Å². The predicted octanol–water partition coefficient (Wildman–Crippen LogP) is 9.49. The van der Waals surface area contributed by atoms with Crippen molar-refractivity contribution < 1.29 is 33.4 Å². The third-order valence-corrected chi connectivity index (χ3v) is 17.1. The van der Waals surface area contributed by atoms with Crippen LogP contribution in [0.25, 0.3) is 43.1 Å². The third-order valence-electron chi connectivity index (χ3n) is 15.8. The fraction of sp³-hybridized carbons (Fsp3) is 0.298. The molecular weight excluding hydrogens is 1170 g/mol. The van der Waals surface area contributed by atoms with Gasteiger partial charge in [-0.25, -0.2) is 4.79 Å². The number of nitro benzene ring substituents is 2. The fourth-order valence-corrected chi connectivity index (χ4v) is 12.8. The summed E-state index contributed by atoms with van der Waals surface area (Å²) in [4.78, 5) is 116. The van der Waals surface area contributed by atoms with Crippen molar-refractivity contribution in [1.82, 2.24) is 13.7 Å². The van der Waals surface area contributed by atoms with E-state index in [1.54, 1.807) is 50.2 Å². The van der Waals surface area contributed by atoms with Crippen molar-refractivity contribution >= 4 is 136 Å². The number of carbonyl (C=O) groups is 4. The molecule has 4 fully saturated rings. The second-order valence-electron chi connectivity index (χ2n) is 21.2. The zero-order valence-corrected chi connectivity index (χ0v) is 48.0. The van der Waals surface area contributed by atoms with Gasteiger partial charge in [0.1, 0.15) is 28.2 Å². The van der Waals surface area contributed by atoms with Crippen LogP contribution in [0.4, 0.5) is 22.7 Å². The Morgan fingerprint density at radius 2 is 0.929 bits per heavy atom. The van der Waals surface area contributed by atoms with Crippen molar-refractivity contribution in [1.29, 1.82) is 0 Å². The van der Waals surface area contributed by atoms with E-state index in [0.29, 0.717) is 49.4 Å². The van der Waals surface area contributed by atoms with Crippen molar-refractivity contribution in [2.75, 3.05) is 11.1 Å². The molecule has 0 radical (unpaired) electrons. The summed E-state index contributed by atoms with van der Waals surface area (Å²) >= 11 is 23.8. The number of nitrogens with two attached hydrogens (primary N) is 4. The average Bonchev–Trinajstić information content (AvgIpc) is 2.50. The molecule has 4 heterocycles. The van der Waals surface area contributed by atoms with E-state index in [0.717, 1.165) is 47.8 Å². The van der Waals surface area contributed by atoms with Gasteiger partial charge in [0.25, 0.3) is 28.1 Å². The SMILES string of the molecule is C[C@H](C(N)=O)n1ccc2c(N)c(Cl)ccc2c1=O.C[C@H](C(N)=O)n1ccc2c(NC(=O)CC34CC5CC(CC(C5)C3)C4)c(Cl)ccc2c1=O.C[C@H](C(N)=O)n1ccc2c([N+](=O)[O-])c(Cl)ccc2c1=O.O=c1occc2c([N+](=O)[O-])c(Cl)ccc12. The van der Waals surface area contributed by atoms with Crippen LogP contribution in [-0.2, 0) is 19.2 Å². The maximum Gasteiger partial charge on any atom is 0.343 e. The first kappa shape index (κ1) is 61.4. The van der Waals surface area contributed by atoms with E-state index in [2.05, 4.69) is 9.73 Å². The van der Waals surface area contributed by atoms with Gasteiger partial charge in [0, 0.05) is 46.6 Å². The molecule has 0 saturated heterocycles. The molecule has 12 rings (SSSR count). The highest BCUT2D eigenvalue weighted by molar-refractivity contribution is 6.36. The Kier molecular flexibility index (Phi) is 18.0. The van der Waals surface area contributed by atoms with Gasteiger partial charge in [-0.2, -0.15) is 0 Å². The number of primary amides is 3. The summed E-state index contributed by atoms with van der Waals surface area (Å²) in [6, 6.07) is 15.5. The van der Waals surface area contributed by atoms with Crippen LogP contribution in [0, 0.1) is 43.4 Å². The summed E-state index contributed by atoms with van der Waals surface area (Å²) in [6.07, 6.45) is 13.4. The van der Waals surface area contributed by atoms with Crippen molar-refractivity contribution in [3.63, 3.8) is 0 Å². The lowest BCUT2D eigenvalue weighted by Gasteiger charge is -2.56. The molecule has 4 amide bonds. The highest BCUT2D eigenvalue weighted by Crippen LogP contribution is 2.61. The Morgan fingerprint density at radius 3 is 1.37 bits per heavy atom. The van der Waals surface area contributed by atoms with Crippen LogP contribution < -0.4 is 50.6 Å². The van der Waals surface area contributed by atoms with Gasteiger partial charge in [-0.15, -0.1) is 0 Å². The van der Waals surface area contributed by atoms with E-state index in [1.807, 2.05) is 0 Å². The maximum atomic E-state index is 13.1. The minimum Gasteiger partial charge on any atom is -0.431 e. The van der Waals surface area contributed by atoms with E-state index >= 15 is 0 Å². The Labute approximate surface area is 495 Å². The van der Waals surface area contributed by atoms with Crippen molar-refractivity contribution in [2.24, 2.45) is 40.4 Å². The predicted molar refractivity (Wildman–Crippen MR) is 320 cm³/mol. The number of carbonyl (C=O) groups excluding carboxylic acids is 4. The van der Waals surface area contributed by atoms with Gasteiger partial charge in [-0.3, -0.25) is 53.8 Å². The molecular formula is C57H54Cl4N10O13. The molecule has 0 spiro atoms. The van der Waals surface area contributed by atoms with Crippen molar-refractivity contribution in [3.8, 4) is 0 Å². The monoisotopic (exact) mass is 1230 g/mol. The number of nitro groups is 2. The number of benzene rings is 4.